The second-order valence-electron chi connectivity index (χ2n) is 7.00. The third kappa shape index (κ3) is 4.01. The van der Waals surface area contributed by atoms with E-state index in [1.54, 1.807) is 7.11 Å². The van der Waals surface area contributed by atoms with Gasteiger partial charge in [-0.2, -0.15) is 0 Å². The molecule has 1 aromatic carbocycles. The van der Waals surface area contributed by atoms with Crippen LogP contribution >= 0.6 is 0 Å². The first-order valence-corrected chi connectivity index (χ1v) is 9.05. The van der Waals surface area contributed by atoms with Crippen molar-refractivity contribution in [2.45, 2.75) is 19.8 Å². The summed E-state index contributed by atoms with van der Waals surface area (Å²) >= 11 is 0. The Balaban J connectivity index is 1.49. The molecule has 0 bridgehead atoms. The highest BCUT2D eigenvalue weighted by atomic mass is 16.5. The molecule has 1 amide bonds. The minimum Gasteiger partial charge on any atom is -0.495 e. The number of rotatable bonds is 4. The standard InChI is InChI=1S/C19H29N3O2/c1-16-7-9-22(10-8-16)19(23)15-20-11-13-21(14-12-20)17-5-3-4-6-18(17)24-2/h3-6,16H,7-15H2,1-2H3. The summed E-state index contributed by atoms with van der Waals surface area (Å²) < 4.78 is 5.46. The Bertz CT molecular complexity index is 547. The van der Waals surface area contributed by atoms with Crippen LogP contribution in [0.3, 0.4) is 0 Å². The maximum absolute atomic E-state index is 12.5. The van der Waals surface area contributed by atoms with Crippen LogP contribution in [0.4, 0.5) is 5.69 Å². The van der Waals surface area contributed by atoms with Crippen molar-refractivity contribution in [3.05, 3.63) is 24.3 Å². The van der Waals surface area contributed by atoms with E-state index in [-0.39, 0.29) is 0 Å². The largest absolute Gasteiger partial charge is 0.495 e. The summed E-state index contributed by atoms with van der Waals surface area (Å²) in [5.41, 5.74) is 1.15. The molecule has 2 heterocycles. The molecule has 2 aliphatic rings. The van der Waals surface area contributed by atoms with Crippen LogP contribution in [0.2, 0.25) is 0 Å². The molecule has 2 fully saturated rings. The van der Waals surface area contributed by atoms with E-state index < -0.39 is 0 Å². The molecule has 5 nitrogen and oxygen atoms in total. The van der Waals surface area contributed by atoms with Crippen LogP contribution in [0.15, 0.2) is 24.3 Å². The number of benzene rings is 1. The van der Waals surface area contributed by atoms with E-state index in [1.165, 1.54) is 0 Å². The molecule has 1 aromatic rings. The van der Waals surface area contributed by atoms with Crippen LogP contribution in [0.5, 0.6) is 5.75 Å². The summed E-state index contributed by atoms with van der Waals surface area (Å²) in [7, 11) is 1.72. The Kier molecular flexibility index (Phi) is 5.61. The van der Waals surface area contributed by atoms with Crippen molar-refractivity contribution in [3.8, 4) is 5.75 Å². The number of anilines is 1. The predicted octanol–water partition coefficient (Wildman–Crippen LogP) is 2.08. The van der Waals surface area contributed by atoms with Gasteiger partial charge in [-0.25, -0.2) is 0 Å². The van der Waals surface area contributed by atoms with Gasteiger partial charge in [0.05, 0.1) is 19.3 Å². The van der Waals surface area contributed by atoms with E-state index >= 15 is 0 Å². The number of likely N-dealkylation sites (tertiary alicyclic amines) is 1. The highest BCUT2D eigenvalue weighted by molar-refractivity contribution is 5.78. The summed E-state index contributed by atoms with van der Waals surface area (Å²) in [5, 5.41) is 0. The van der Waals surface area contributed by atoms with E-state index in [0.29, 0.717) is 12.5 Å². The zero-order valence-electron chi connectivity index (χ0n) is 14.9. The van der Waals surface area contributed by atoms with Crippen LogP contribution in [0, 0.1) is 5.92 Å². The van der Waals surface area contributed by atoms with E-state index in [2.05, 4.69) is 22.8 Å². The second-order valence-corrected chi connectivity index (χ2v) is 7.00. The summed E-state index contributed by atoms with van der Waals surface area (Å²) in [6.45, 7) is 8.42. The fraction of sp³-hybridized carbons (Fsp3) is 0.632. The molecule has 0 atom stereocenters. The van der Waals surface area contributed by atoms with Crippen LogP contribution in [0.25, 0.3) is 0 Å². The van der Waals surface area contributed by atoms with Gasteiger partial charge in [-0.15, -0.1) is 0 Å². The van der Waals surface area contributed by atoms with Crippen molar-refractivity contribution in [2.75, 3.05) is 57.8 Å². The Labute approximate surface area is 145 Å². The third-order valence-electron chi connectivity index (χ3n) is 5.29. The van der Waals surface area contributed by atoms with Crippen LogP contribution in [0.1, 0.15) is 19.8 Å². The first-order chi connectivity index (χ1) is 11.7. The van der Waals surface area contributed by atoms with Gasteiger partial charge in [0.2, 0.25) is 5.91 Å². The Morgan fingerprint density at radius 3 is 2.42 bits per heavy atom. The molecule has 0 spiro atoms. The van der Waals surface area contributed by atoms with E-state index in [1.807, 2.05) is 23.1 Å². The number of carbonyl (C=O) groups is 1. The Morgan fingerprint density at radius 1 is 1.08 bits per heavy atom. The Hall–Kier alpha value is -1.75. The molecule has 24 heavy (non-hydrogen) atoms. The molecule has 132 valence electrons. The number of piperidine rings is 1. The van der Waals surface area contributed by atoms with Gasteiger partial charge in [-0.05, 0) is 30.9 Å². The topological polar surface area (TPSA) is 36.0 Å². The lowest BCUT2D eigenvalue weighted by Crippen LogP contribution is -2.51. The van der Waals surface area contributed by atoms with Gasteiger partial charge in [-0.1, -0.05) is 19.1 Å². The number of carbonyl (C=O) groups excluding carboxylic acids is 1. The minimum atomic E-state index is 0.299. The number of hydrogen-bond acceptors (Lipinski definition) is 4. The van der Waals surface area contributed by atoms with Gasteiger partial charge in [0, 0.05) is 39.3 Å². The average Bonchev–Trinajstić information content (AvgIpc) is 2.63. The first-order valence-electron chi connectivity index (χ1n) is 9.05. The lowest BCUT2D eigenvalue weighted by molar-refractivity contribution is -0.133. The summed E-state index contributed by atoms with van der Waals surface area (Å²) in [5.74, 6) is 1.98. The maximum Gasteiger partial charge on any atom is 0.236 e. The number of ether oxygens (including phenoxy) is 1. The smallest absolute Gasteiger partial charge is 0.236 e. The van der Waals surface area contributed by atoms with Gasteiger partial charge in [0.15, 0.2) is 0 Å². The summed E-state index contributed by atoms with van der Waals surface area (Å²) in [6, 6.07) is 8.15. The van der Waals surface area contributed by atoms with Crippen molar-refractivity contribution >= 4 is 11.6 Å². The summed E-state index contributed by atoms with van der Waals surface area (Å²) in [6.07, 6.45) is 2.29. The van der Waals surface area contributed by atoms with Gasteiger partial charge >= 0.3 is 0 Å². The molecule has 0 aromatic heterocycles. The molecule has 0 N–H and O–H groups in total. The highest BCUT2D eigenvalue weighted by Gasteiger charge is 2.25. The van der Waals surface area contributed by atoms with Crippen molar-refractivity contribution in [1.29, 1.82) is 0 Å². The molecule has 2 aliphatic heterocycles. The number of nitrogens with zero attached hydrogens (tertiary/aromatic N) is 3. The van der Waals surface area contributed by atoms with Crippen molar-refractivity contribution in [3.63, 3.8) is 0 Å². The van der Waals surface area contributed by atoms with Crippen LogP contribution in [-0.4, -0.2) is 68.6 Å². The van der Waals surface area contributed by atoms with Crippen LogP contribution in [-0.2, 0) is 4.79 Å². The zero-order chi connectivity index (χ0) is 16.9. The molecular weight excluding hydrogens is 302 g/mol. The van der Waals surface area contributed by atoms with E-state index in [9.17, 15) is 4.79 Å². The number of piperazine rings is 1. The van der Waals surface area contributed by atoms with E-state index in [4.69, 9.17) is 4.74 Å². The number of hydrogen-bond donors (Lipinski definition) is 0. The average molecular weight is 331 g/mol. The number of amides is 1. The minimum absolute atomic E-state index is 0.299. The SMILES string of the molecule is COc1ccccc1N1CCN(CC(=O)N2CCC(C)CC2)CC1. The lowest BCUT2D eigenvalue weighted by atomic mass is 9.99. The molecule has 0 radical (unpaired) electrons. The molecule has 5 heteroatoms. The maximum atomic E-state index is 12.5. The second kappa shape index (κ2) is 7.88. The Morgan fingerprint density at radius 2 is 1.75 bits per heavy atom. The van der Waals surface area contributed by atoms with Crippen molar-refractivity contribution < 1.29 is 9.53 Å². The fourth-order valence-electron chi connectivity index (χ4n) is 3.59. The zero-order valence-corrected chi connectivity index (χ0v) is 14.9. The number of methoxy groups -OCH3 is 1. The third-order valence-corrected chi connectivity index (χ3v) is 5.29. The molecule has 2 saturated heterocycles. The molecule has 0 aliphatic carbocycles. The van der Waals surface area contributed by atoms with Crippen molar-refractivity contribution in [2.24, 2.45) is 5.92 Å². The van der Waals surface area contributed by atoms with Gasteiger partial charge in [-0.3, -0.25) is 9.69 Å². The monoisotopic (exact) mass is 331 g/mol. The predicted molar refractivity (Wildman–Crippen MR) is 96.6 cm³/mol. The van der Waals surface area contributed by atoms with Gasteiger partial charge in [0.25, 0.3) is 0 Å². The quantitative estimate of drug-likeness (QED) is 0.846. The van der Waals surface area contributed by atoms with Crippen LogP contribution < -0.4 is 9.64 Å². The highest BCUT2D eigenvalue weighted by Crippen LogP contribution is 2.28. The van der Waals surface area contributed by atoms with Gasteiger partial charge in [0.1, 0.15) is 5.75 Å². The lowest BCUT2D eigenvalue weighted by Gasteiger charge is -2.38. The fourth-order valence-corrected chi connectivity index (χ4v) is 3.59. The molecular formula is C19H29N3O2. The van der Waals surface area contributed by atoms with Crippen molar-refractivity contribution in [1.82, 2.24) is 9.80 Å². The number of para-hydroxylation sites is 2. The summed E-state index contributed by atoms with van der Waals surface area (Å²) in [4.78, 5) is 19.2. The molecule has 0 saturated carbocycles. The van der Waals surface area contributed by atoms with E-state index in [0.717, 1.165) is 69.5 Å². The molecule has 0 unspecified atom stereocenters. The molecule has 3 rings (SSSR count). The normalized spacial score (nSPS) is 20.2. The van der Waals surface area contributed by atoms with Gasteiger partial charge < -0.3 is 14.5 Å². The first kappa shape index (κ1) is 17.1.